The largest absolute Gasteiger partial charge is 0.365 e. The van der Waals surface area contributed by atoms with E-state index in [0.29, 0.717) is 10.0 Å². The summed E-state index contributed by atoms with van der Waals surface area (Å²) in [7, 11) is 0. The minimum atomic E-state index is -0.0544. The van der Waals surface area contributed by atoms with E-state index in [4.69, 9.17) is 39.5 Å². The van der Waals surface area contributed by atoms with Gasteiger partial charge in [-0.1, -0.05) is 59.6 Å². The van der Waals surface area contributed by atoms with Crippen LogP contribution in [0.2, 0.25) is 10.0 Å². The predicted octanol–water partition coefficient (Wildman–Crippen LogP) is 6.19. The highest BCUT2D eigenvalue weighted by atomic mass is 35.5. The molecular weight excluding hydrogens is 327 g/mol. The Morgan fingerprint density at radius 3 is 2.14 bits per heavy atom. The number of hydrogen-bond acceptors (Lipinski definition) is 1. The van der Waals surface area contributed by atoms with Gasteiger partial charge in [-0.15, -0.1) is 11.6 Å². The highest BCUT2D eigenvalue weighted by Crippen LogP contribution is 2.41. The van der Waals surface area contributed by atoms with Crippen LogP contribution in [-0.4, -0.2) is 5.38 Å². The van der Waals surface area contributed by atoms with Crippen molar-refractivity contribution in [2.45, 2.75) is 30.4 Å². The third kappa shape index (κ3) is 3.54. The molecule has 2 aromatic rings. The molecule has 1 aliphatic heterocycles. The zero-order valence-corrected chi connectivity index (χ0v) is 13.6. The Morgan fingerprint density at radius 2 is 1.48 bits per heavy atom. The van der Waals surface area contributed by atoms with Crippen LogP contribution in [0.4, 0.5) is 0 Å². The summed E-state index contributed by atoms with van der Waals surface area (Å²) in [5, 5.41) is 1.19. The van der Waals surface area contributed by atoms with E-state index in [0.717, 1.165) is 24.0 Å². The van der Waals surface area contributed by atoms with Crippen LogP contribution < -0.4 is 0 Å². The van der Waals surface area contributed by atoms with Crippen LogP contribution in [0.5, 0.6) is 0 Å². The molecule has 1 aliphatic rings. The molecule has 0 aliphatic carbocycles. The lowest BCUT2D eigenvalue weighted by molar-refractivity contribution is -0.0516. The maximum absolute atomic E-state index is 6.44. The van der Waals surface area contributed by atoms with E-state index in [1.54, 1.807) is 6.07 Å². The van der Waals surface area contributed by atoms with Crippen molar-refractivity contribution in [1.29, 1.82) is 0 Å². The van der Waals surface area contributed by atoms with Crippen LogP contribution in [0.15, 0.2) is 48.5 Å². The summed E-state index contributed by atoms with van der Waals surface area (Å²) in [6.07, 6.45) is 1.56. The lowest BCUT2D eigenvalue weighted by Gasteiger charge is -2.33. The summed E-state index contributed by atoms with van der Waals surface area (Å²) < 4.78 is 6.24. The molecule has 0 saturated carbocycles. The van der Waals surface area contributed by atoms with Crippen molar-refractivity contribution in [3.8, 4) is 0 Å². The van der Waals surface area contributed by atoms with E-state index in [1.165, 1.54) is 0 Å². The second kappa shape index (κ2) is 6.58. The molecule has 0 amide bonds. The lowest BCUT2D eigenvalue weighted by atomic mass is 9.94. The lowest BCUT2D eigenvalue weighted by Crippen LogP contribution is -2.23. The molecule has 0 spiro atoms. The van der Waals surface area contributed by atoms with Crippen LogP contribution in [0.1, 0.15) is 36.2 Å². The van der Waals surface area contributed by atoms with Gasteiger partial charge in [0.25, 0.3) is 0 Å². The molecule has 110 valence electrons. The quantitative estimate of drug-likeness (QED) is 0.591. The smallest absolute Gasteiger partial charge is 0.0847 e. The van der Waals surface area contributed by atoms with Gasteiger partial charge in [0.15, 0.2) is 0 Å². The van der Waals surface area contributed by atoms with Gasteiger partial charge in [-0.3, -0.25) is 0 Å². The van der Waals surface area contributed by atoms with Crippen LogP contribution in [0.25, 0.3) is 0 Å². The third-order valence-electron chi connectivity index (χ3n) is 3.75. The maximum Gasteiger partial charge on any atom is 0.0847 e. The third-order valence-corrected chi connectivity index (χ3v) is 4.85. The average molecular weight is 342 g/mol. The highest BCUT2D eigenvalue weighted by molar-refractivity contribution is 6.42. The molecule has 1 saturated heterocycles. The van der Waals surface area contributed by atoms with Gasteiger partial charge < -0.3 is 4.74 Å². The highest BCUT2D eigenvalue weighted by Gasteiger charge is 2.30. The summed E-state index contributed by atoms with van der Waals surface area (Å²) in [6.45, 7) is 0. The molecule has 0 bridgehead atoms. The molecule has 0 radical (unpaired) electrons. The van der Waals surface area contributed by atoms with E-state index < -0.39 is 0 Å². The van der Waals surface area contributed by atoms with Crippen LogP contribution in [0, 0.1) is 0 Å². The Hall–Kier alpha value is -0.730. The summed E-state index contributed by atoms with van der Waals surface area (Å²) in [4.78, 5) is 0. The molecule has 0 N–H and O–H groups in total. The first kappa shape index (κ1) is 15.2. The van der Waals surface area contributed by atoms with Crippen molar-refractivity contribution in [1.82, 2.24) is 0 Å². The number of benzene rings is 2. The SMILES string of the molecule is Clc1ccc([C@@H]2C[C@H](Cl)C[C@H](c3ccccc3)O2)cc1Cl. The van der Waals surface area contributed by atoms with Gasteiger partial charge in [0, 0.05) is 5.38 Å². The molecule has 3 atom stereocenters. The fraction of sp³-hybridized carbons (Fsp3) is 0.294. The van der Waals surface area contributed by atoms with E-state index in [2.05, 4.69) is 12.1 Å². The molecule has 4 heteroatoms. The van der Waals surface area contributed by atoms with Crippen molar-refractivity contribution < 1.29 is 4.74 Å². The minimum absolute atomic E-state index is 0.0157. The molecule has 3 rings (SSSR count). The van der Waals surface area contributed by atoms with E-state index in [1.807, 2.05) is 30.3 Å². The van der Waals surface area contributed by atoms with Crippen molar-refractivity contribution in [3.63, 3.8) is 0 Å². The first-order valence-electron chi connectivity index (χ1n) is 6.93. The Morgan fingerprint density at radius 1 is 0.810 bits per heavy atom. The zero-order valence-electron chi connectivity index (χ0n) is 11.3. The van der Waals surface area contributed by atoms with Gasteiger partial charge in [-0.05, 0) is 36.1 Å². The molecule has 0 unspecified atom stereocenters. The monoisotopic (exact) mass is 340 g/mol. The second-order valence-electron chi connectivity index (χ2n) is 5.27. The fourth-order valence-corrected chi connectivity index (χ4v) is 3.31. The Balaban J connectivity index is 1.84. The average Bonchev–Trinajstić information content (AvgIpc) is 2.50. The van der Waals surface area contributed by atoms with Crippen LogP contribution in [-0.2, 0) is 4.74 Å². The first-order chi connectivity index (χ1) is 10.1. The van der Waals surface area contributed by atoms with Gasteiger partial charge in [-0.2, -0.15) is 0 Å². The van der Waals surface area contributed by atoms with E-state index >= 15 is 0 Å². The van der Waals surface area contributed by atoms with Crippen molar-refractivity contribution in [2.75, 3.05) is 0 Å². The van der Waals surface area contributed by atoms with Gasteiger partial charge >= 0.3 is 0 Å². The summed E-state index contributed by atoms with van der Waals surface area (Å²) >= 11 is 18.5. The Labute approximate surface area is 139 Å². The maximum atomic E-state index is 6.44. The molecular formula is C17H15Cl3O. The molecule has 1 nitrogen and oxygen atoms in total. The first-order valence-corrected chi connectivity index (χ1v) is 8.12. The van der Waals surface area contributed by atoms with Gasteiger partial charge in [-0.25, -0.2) is 0 Å². The summed E-state index contributed by atoms with van der Waals surface area (Å²) in [6, 6.07) is 15.8. The summed E-state index contributed by atoms with van der Waals surface area (Å²) in [5.41, 5.74) is 2.18. The standard InChI is InChI=1S/C17H15Cl3O/c18-13-9-16(11-4-2-1-3-5-11)21-17(10-13)12-6-7-14(19)15(20)8-12/h1-8,13,16-17H,9-10H2/t13-,16-,17+/m1/s1. The minimum Gasteiger partial charge on any atom is -0.365 e. The fourth-order valence-electron chi connectivity index (χ4n) is 2.68. The van der Waals surface area contributed by atoms with E-state index in [9.17, 15) is 0 Å². The Kier molecular flexibility index (Phi) is 4.75. The molecule has 0 aromatic heterocycles. The van der Waals surface area contributed by atoms with Crippen molar-refractivity contribution >= 4 is 34.8 Å². The number of alkyl halides is 1. The van der Waals surface area contributed by atoms with Crippen molar-refractivity contribution in [2.24, 2.45) is 0 Å². The van der Waals surface area contributed by atoms with Gasteiger partial charge in [0.1, 0.15) is 0 Å². The topological polar surface area (TPSA) is 9.23 Å². The summed E-state index contributed by atoms with van der Waals surface area (Å²) in [5.74, 6) is 0. The number of hydrogen-bond donors (Lipinski definition) is 0. The number of ether oxygens (including phenoxy) is 1. The molecule has 1 fully saturated rings. The number of rotatable bonds is 2. The molecule has 21 heavy (non-hydrogen) atoms. The van der Waals surface area contributed by atoms with Crippen molar-refractivity contribution in [3.05, 3.63) is 69.7 Å². The van der Waals surface area contributed by atoms with Gasteiger partial charge in [0.2, 0.25) is 0 Å². The number of halogens is 3. The second-order valence-corrected chi connectivity index (χ2v) is 6.70. The van der Waals surface area contributed by atoms with Crippen LogP contribution in [0.3, 0.4) is 0 Å². The normalized spacial score (nSPS) is 25.8. The zero-order chi connectivity index (χ0) is 14.8. The Bertz CT molecular complexity index is 615. The van der Waals surface area contributed by atoms with E-state index in [-0.39, 0.29) is 17.6 Å². The predicted molar refractivity (Wildman–Crippen MR) is 88.3 cm³/mol. The van der Waals surface area contributed by atoms with Gasteiger partial charge in [0.05, 0.1) is 22.3 Å². The van der Waals surface area contributed by atoms with Crippen LogP contribution >= 0.6 is 34.8 Å². The molecule has 1 heterocycles. The molecule has 2 aromatic carbocycles.